The highest BCUT2D eigenvalue weighted by Crippen LogP contribution is 2.28. The lowest BCUT2D eigenvalue weighted by atomic mass is 10.1. The molecule has 7 heteroatoms. The van der Waals surface area contributed by atoms with E-state index in [2.05, 4.69) is 10.6 Å². The highest BCUT2D eigenvalue weighted by Gasteiger charge is 2.11. The Labute approximate surface area is 144 Å². The van der Waals surface area contributed by atoms with E-state index in [9.17, 15) is 14.0 Å². The lowest BCUT2D eigenvalue weighted by Crippen LogP contribution is -2.33. The molecule has 0 radical (unpaired) electrons. The summed E-state index contributed by atoms with van der Waals surface area (Å²) >= 11 is 0. The van der Waals surface area contributed by atoms with Crippen LogP contribution >= 0.6 is 0 Å². The molecule has 2 amide bonds. The fourth-order valence-electron chi connectivity index (χ4n) is 2.18. The van der Waals surface area contributed by atoms with E-state index in [0.29, 0.717) is 22.7 Å². The first-order chi connectivity index (χ1) is 12.0. The van der Waals surface area contributed by atoms with E-state index in [-0.39, 0.29) is 18.9 Å². The summed E-state index contributed by atoms with van der Waals surface area (Å²) in [6.45, 7) is -0.214. The van der Waals surface area contributed by atoms with Crippen LogP contribution in [0.4, 0.5) is 10.1 Å². The maximum absolute atomic E-state index is 13.1. The zero-order chi connectivity index (χ0) is 18.2. The van der Waals surface area contributed by atoms with Crippen molar-refractivity contribution in [2.75, 3.05) is 26.1 Å². The molecule has 0 spiro atoms. The zero-order valence-electron chi connectivity index (χ0n) is 14.0. The van der Waals surface area contributed by atoms with Crippen LogP contribution in [0.5, 0.6) is 11.5 Å². The number of hydrogen-bond donors (Lipinski definition) is 2. The number of carbonyl (C=O) groups is 2. The van der Waals surface area contributed by atoms with Gasteiger partial charge in [0.05, 0.1) is 32.9 Å². The highest BCUT2D eigenvalue weighted by molar-refractivity contribution is 5.96. The fraction of sp³-hybridized carbons (Fsp3) is 0.222. The van der Waals surface area contributed by atoms with Crippen LogP contribution in [-0.4, -0.2) is 32.6 Å². The van der Waals surface area contributed by atoms with Gasteiger partial charge < -0.3 is 20.1 Å². The van der Waals surface area contributed by atoms with Gasteiger partial charge in [-0.3, -0.25) is 9.59 Å². The van der Waals surface area contributed by atoms with E-state index >= 15 is 0 Å². The van der Waals surface area contributed by atoms with E-state index in [1.54, 1.807) is 24.3 Å². The van der Waals surface area contributed by atoms with Gasteiger partial charge in [0.15, 0.2) is 0 Å². The maximum Gasteiger partial charge on any atom is 0.243 e. The third-order valence-electron chi connectivity index (χ3n) is 3.38. The monoisotopic (exact) mass is 346 g/mol. The number of halogens is 1. The molecule has 25 heavy (non-hydrogen) atoms. The predicted octanol–water partition coefficient (Wildman–Crippen LogP) is 2.14. The van der Waals surface area contributed by atoms with Crippen LogP contribution in [0.15, 0.2) is 42.5 Å². The molecule has 0 atom stereocenters. The van der Waals surface area contributed by atoms with Gasteiger partial charge >= 0.3 is 0 Å². The molecule has 0 aliphatic heterocycles. The van der Waals surface area contributed by atoms with Crippen LogP contribution in [-0.2, 0) is 16.0 Å². The van der Waals surface area contributed by atoms with Crippen molar-refractivity contribution in [3.05, 3.63) is 53.8 Å². The van der Waals surface area contributed by atoms with Crippen molar-refractivity contribution >= 4 is 17.5 Å². The minimum atomic E-state index is -0.417. The molecule has 0 unspecified atom stereocenters. The number of amides is 2. The number of anilines is 1. The third kappa shape index (κ3) is 5.49. The lowest BCUT2D eigenvalue weighted by molar-refractivity contribution is -0.123. The summed E-state index contributed by atoms with van der Waals surface area (Å²) in [4.78, 5) is 23.9. The molecule has 0 saturated heterocycles. The van der Waals surface area contributed by atoms with Gasteiger partial charge in [0.2, 0.25) is 11.8 Å². The van der Waals surface area contributed by atoms with Crippen molar-refractivity contribution < 1.29 is 23.5 Å². The maximum atomic E-state index is 13.1. The van der Waals surface area contributed by atoms with Crippen molar-refractivity contribution in [1.29, 1.82) is 0 Å². The molecule has 0 aliphatic carbocycles. The minimum Gasteiger partial charge on any atom is -0.497 e. The van der Waals surface area contributed by atoms with Crippen LogP contribution in [0.25, 0.3) is 0 Å². The largest absolute Gasteiger partial charge is 0.497 e. The summed E-state index contributed by atoms with van der Waals surface area (Å²) in [6, 6.07) is 10.7. The van der Waals surface area contributed by atoms with E-state index in [1.807, 2.05) is 0 Å². The van der Waals surface area contributed by atoms with Crippen LogP contribution in [0.3, 0.4) is 0 Å². The first kappa shape index (κ1) is 18.3. The number of benzene rings is 2. The van der Waals surface area contributed by atoms with E-state index in [4.69, 9.17) is 9.47 Å². The minimum absolute atomic E-state index is 0.00643. The first-order valence-corrected chi connectivity index (χ1v) is 7.55. The number of methoxy groups -OCH3 is 2. The van der Waals surface area contributed by atoms with Gasteiger partial charge in [0, 0.05) is 6.07 Å². The van der Waals surface area contributed by atoms with Gasteiger partial charge in [0.1, 0.15) is 17.3 Å². The van der Waals surface area contributed by atoms with E-state index in [0.717, 1.165) is 0 Å². The molecule has 0 heterocycles. The second-order valence-electron chi connectivity index (χ2n) is 5.20. The molecule has 2 aromatic carbocycles. The molecule has 132 valence electrons. The molecule has 0 fully saturated rings. The van der Waals surface area contributed by atoms with Crippen LogP contribution in [0.2, 0.25) is 0 Å². The Morgan fingerprint density at radius 1 is 1.04 bits per heavy atom. The Balaban J connectivity index is 1.89. The van der Waals surface area contributed by atoms with E-state index in [1.165, 1.54) is 32.4 Å². The molecule has 0 saturated carbocycles. The van der Waals surface area contributed by atoms with Crippen molar-refractivity contribution in [2.45, 2.75) is 6.42 Å². The topological polar surface area (TPSA) is 76.7 Å². The molecular weight excluding hydrogens is 327 g/mol. The van der Waals surface area contributed by atoms with Crippen molar-refractivity contribution in [2.24, 2.45) is 0 Å². The Bertz CT molecular complexity index is 764. The van der Waals surface area contributed by atoms with Crippen LogP contribution in [0.1, 0.15) is 5.56 Å². The second-order valence-corrected chi connectivity index (χ2v) is 5.20. The van der Waals surface area contributed by atoms with E-state index < -0.39 is 11.7 Å². The molecule has 0 aromatic heterocycles. The van der Waals surface area contributed by atoms with Crippen LogP contribution < -0.4 is 20.1 Å². The average Bonchev–Trinajstić information content (AvgIpc) is 2.60. The molecule has 0 bridgehead atoms. The number of nitrogens with one attached hydrogen (secondary N) is 2. The summed E-state index contributed by atoms with van der Waals surface area (Å²) < 4.78 is 23.4. The van der Waals surface area contributed by atoms with Gasteiger partial charge in [-0.25, -0.2) is 4.39 Å². The van der Waals surface area contributed by atoms with Crippen molar-refractivity contribution in [3.63, 3.8) is 0 Å². The smallest absolute Gasteiger partial charge is 0.243 e. The molecule has 2 N–H and O–H groups in total. The Kier molecular flexibility index (Phi) is 6.33. The Morgan fingerprint density at radius 3 is 2.52 bits per heavy atom. The van der Waals surface area contributed by atoms with Gasteiger partial charge in [-0.05, 0) is 29.8 Å². The first-order valence-electron chi connectivity index (χ1n) is 7.55. The van der Waals surface area contributed by atoms with Gasteiger partial charge in [-0.2, -0.15) is 0 Å². The number of hydrogen-bond acceptors (Lipinski definition) is 4. The third-order valence-corrected chi connectivity index (χ3v) is 3.38. The van der Waals surface area contributed by atoms with Gasteiger partial charge in [0.25, 0.3) is 0 Å². The second kappa shape index (κ2) is 8.68. The summed E-state index contributed by atoms with van der Waals surface area (Å²) in [5, 5.41) is 5.14. The molecular formula is C18H19FN2O4. The normalized spacial score (nSPS) is 10.0. The highest BCUT2D eigenvalue weighted by atomic mass is 19.1. The Hall–Kier alpha value is -3.09. The number of rotatable bonds is 7. The summed E-state index contributed by atoms with van der Waals surface area (Å²) in [6.07, 6.45) is -0.00643. The predicted molar refractivity (Wildman–Crippen MR) is 91.3 cm³/mol. The molecule has 2 rings (SSSR count). The average molecular weight is 346 g/mol. The SMILES string of the molecule is COc1ccc(OC)c(NC(=O)CNC(=O)Cc2cccc(F)c2)c1. The number of ether oxygens (including phenoxy) is 2. The van der Waals surface area contributed by atoms with Crippen molar-refractivity contribution in [3.8, 4) is 11.5 Å². The van der Waals surface area contributed by atoms with Crippen molar-refractivity contribution in [1.82, 2.24) is 5.32 Å². The molecule has 0 aliphatic rings. The quantitative estimate of drug-likeness (QED) is 0.805. The summed E-state index contributed by atoms with van der Waals surface area (Å²) in [5.41, 5.74) is 0.971. The summed E-state index contributed by atoms with van der Waals surface area (Å²) in [5.74, 6) is -0.169. The fourth-order valence-corrected chi connectivity index (χ4v) is 2.18. The molecule has 6 nitrogen and oxygen atoms in total. The molecule has 2 aromatic rings. The van der Waals surface area contributed by atoms with Gasteiger partial charge in [-0.1, -0.05) is 12.1 Å². The summed E-state index contributed by atoms with van der Waals surface area (Å²) in [7, 11) is 3.00. The number of carbonyl (C=O) groups excluding carboxylic acids is 2. The lowest BCUT2D eigenvalue weighted by Gasteiger charge is -2.12. The van der Waals surface area contributed by atoms with Gasteiger partial charge in [-0.15, -0.1) is 0 Å². The van der Waals surface area contributed by atoms with Crippen LogP contribution in [0, 0.1) is 5.82 Å². The standard InChI is InChI=1S/C18H19FN2O4/c1-24-14-6-7-16(25-2)15(10-14)21-18(23)11-20-17(22)9-12-4-3-5-13(19)8-12/h3-8,10H,9,11H2,1-2H3,(H,20,22)(H,21,23). The Morgan fingerprint density at radius 2 is 1.84 bits per heavy atom. The zero-order valence-corrected chi connectivity index (χ0v) is 14.0.